The quantitative estimate of drug-likeness (QED) is 0.0278. The van der Waals surface area contributed by atoms with Gasteiger partial charge in [0.2, 0.25) is 0 Å². The molecule has 0 spiro atoms. The third kappa shape index (κ3) is 18.9. The van der Waals surface area contributed by atoms with Gasteiger partial charge in [-0.1, -0.05) is 419 Å². The van der Waals surface area contributed by atoms with Gasteiger partial charge in [0.1, 0.15) is 0 Å². The van der Waals surface area contributed by atoms with Crippen LogP contribution in [0.5, 0.6) is 0 Å². The second kappa shape index (κ2) is 37.8. The van der Waals surface area contributed by atoms with Crippen LogP contribution in [-0.4, -0.2) is 42.8 Å². The summed E-state index contributed by atoms with van der Waals surface area (Å²) in [7, 11) is -8.68. The molecule has 0 unspecified atom stereocenters. The van der Waals surface area contributed by atoms with E-state index in [0.717, 1.165) is 0 Å². The fourth-order valence-corrected chi connectivity index (χ4v) is 44.8. The molecule has 1 aliphatic carbocycles. The van der Waals surface area contributed by atoms with Crippen molar-refractivity contribution in [2.45, 2.75) is 309 Å². The largest absolute Gasteiger partial charge is 0.242 e. The van der Waals surface area contributed by atoms with Crippen molar-refractivity contribution in [1.82, 2.24) is 4.44 Å². The van der Waals surface area contributed by atoms with Gasteiger partial charge >= 0.3 is 0 Å². The fraction of sp³-hybridized carbons (Fsp3) is 0.615. The first-order valence-corrected chi connectivity index (χ1v) is 49.5. The number of rotatable bonds is 42. The van der Waals surface area contributed by atoms with E-state index in [2.05, 4.69) is 215 Å². The van der Waals surface area contributed by atoms with Gasteiger partial charge in [-0.05, 0) is 58.4 Å². The van der Waals surface area contributed by atoms with E-state index in [0.29, 0.717) is 12.0 Å². The first kappa shape index (κ1) is 71.9. The van der Waals surface area contributed by atoms with Gasteiger partial charge in [0.15, 0.2) is 0 Å². The topological polar surface area (TPSA) is 3.24 Å². The summed E-state index contributed by atoms with van der Waals surface area (Å²) in [6.45, 7) is 29.4. The standard InChI is InChI=1S/C78H127NP2Si4/c1-13-25-62-84(63-26-14-2,64-27-15-3)77-52-44-73(45-53-77)81(74-46-54-78(55-47-74)85(65-28-16-4,66-29-17-5)67-30-18-6)79(70-38-36-69(37-39-70)68-34-32-31-33-35-68)80(71-40-48-75(49-41-71)82(56-19-7,57-20-8)58-21-9)72-42-50-76(51-43-72)83(59-22-10,60-23-11)61-24-12/h31-35,40-55,69-70H,13-30,36-39,56-67H2,1-12H3. The Morgan fingerprint density at radius 3 is 0.741 bits per heavy atom. The Morgan fingerprint density at radius 1 is 0.282 bits per heavy atom. The highest BCUT2D eigenvalue weighted by atomic mass is 31.2. The number of unbranched alkanes of at least 4 members (excludes halogenated alkanes) is 6. The molecule has 0 radical (unpaired) electrons. The van der Waals surface area contributed by atoms with E-state index in [9.17, 15) is 0 Å². The van der Waals surface area contributed by atoms with Crippen LogP contribution >= 0.6 is 16.1 Å². The van der Waals surface area contributed by atoms with E-state index in [1.807, 2.05) is 0 Å². The van der Waals surface area contributed by atoms with Crippen LogP contribution in [0.15, 0.2) is 127 Å². The minimum Gasteiger partial charge on any atom is -0.242 e. The van der Waals surface area contributed by atoms with Gasteiger partial charge in [-0.3, -0.25) is 0 Å². The first-order chi connectivity index (χ1) is 41.5. The van der Waals surface area contributed by atoms with Gasteiger partial charge in [0, 0.05) is 22.2 Å². The van der Waals surface area contributed by atoms with Gasteiger partial charge in [0.05, 0.1) is 32.3 Å². The Balaban J connectivity index is 1.70. The third-order valence-electron chi connectivity index (χ3n) is 21.0. The Bertz CT molecular complexity index is 2320. The summed E-state index contributed by atoms with van der Waals surface area (Å²) in [6.07, 6.45) is 28.8. The van der Waals surface area contributed by atoms with E-state index in [-0.39, 0.29) is 0 Å². The summed E-state index contributed by atoms with van der Waals surface area (Å²) in [5, 5.41) is 13.3. The molecule has 0 atom stereocenters. The van der Waals surface area contributed by atoms with Crippen LogP contribution in [0.3, 0.4) is 0 Å². The predicted molar refractivity (Wildman–Crippen MR) is 402 cm³/mol. The van der Waals surface area contributed by atoms with E-state index >= 15 is 0 Å². The highest BCUT2D eigenvalue weighted by Gasteiger charge is 2.42. The molecule has 0 N–H and O–H groups in total. The highest BCUT2D eigenvalue weighted by Crippen LogP contribution is 2.58. The van der Waals surface area contributed by atoms with Crippen LogP contribution in [0.1, 0.15) is 236 Å². The molecule has 85 heavy (non-hydrogen) atoms. The molecule has 1 aliphatic rings. The molecule has 1 nitrogen and oxygen atoms in total. The van der Waals surface area contributed by atoms with Crippen LogP contribution in [-0.2, 0) is 0 Å². The van der Waals surface area contributed by atoms with Crippen molar-refractivity contribution < 1.29 is 0 Å². The zero-order chi connectivity index (χ0) is 61.0. The van der Waals surface area contributed by atoms with Crippen molar-refractivity contribution in [3.63, 3.8) is 0 Å². The minimum atomic E-state index is -1.73. The van der Waals surface area contributed by atoms with Crippen molar-refractivity contribution >= 4 is 90.4 Å². The third-order valence-corrected chi connectivity index (χ3v) is 49.6. The predicted octanol–water partition coefficient (Wildman–Crippen LogP) is 22.0. The molecule has 6 rings (SSSR count). The zero-order valence-electron chi connectivity index (χ0n) is 57.2. The van der Waals surface area contributed by atoms with Crippen molar-refractivity contribution in [3.8, 4) is 0 Å². The molecule has 0 aliphatic heterocycles. The van der Waals surface area contributed by atoms with Crippen molar-refractivity contribution in [1.29, 1.82) is 0 Å². The van der Waals surface area contributed by atoms with Crippen molar-refractivity contribution in [2.24, 2.45) is 0 Å². The second-order valence-electron chi connectivity index (χ2n) is 27.3. The maximum absolute atomic E-state index is 3.33. The number of hydrogen-bond acceptors (Lipinski definition) is 1. The normalized spacial score (nSPS) is 15.4. The van der Waals surface area contributed by atoms with Crippen LogP contribution in [0.25, 0.3) is 0 Å². The van der Waals surface area contributed by atoms with Crippen LogP contribution in [0, 0.1) is 0 Å². The van der Waals surface area contributed by atoms with Gasteiger partial charge in [-0.2, -0.15) is 0 Å². The molecule has 1 saturated carbocycles. The maximum atomic E-state index is 3.33. The van der Waals surface area contributed by atoms with Gasteiger partial charge in [-0.15, -0.1) is 0 Å². The summed E-state index contributed by atoms with van der Waals surface area (Å²) in [5.41, 5.74) is 1.55. The number of nitrogens with zero attached hydrogens (tertiary/aromatic N) is 1. The molecule has 1 fully saturated rings. The van der Waals surface area contributed by atoms with Crippen molar-refractivity contribution in [3.05, 3.63) is 133 Å². The summed E-state index contributed by atoms with van der Waals surface area (Å²) in [4.78, 5) is 0. The van der Waals surface area contributed by atoms with Gasteiger partial charge in [0.25, 0.3) is 0 Å². The minimum absolute atomic E-state index is 0.470. The monoisotopic (exact) mass is 1250 g/mol. The molecule has 5 aromatic rings. The average molecular weight is 1250 g/mol. The molecular formula is C78H127NP2Si4. The fourth-order valence-electron chi connectivity index (χ4n) is 16.6. The van der Waals surface area contributed by atoms with E-state index in [1.165, 1.54) is 214 Å². The van der Waals surface area contributed by atoms with Gasteiger partial charge in [-0.25, -0.2) is 4.44 Å². The van der Waals surface area contributed by atoms with Crippen LogP contribution in [0.2, 0.25) is 72.5 Å². The van der Waals surface area contributed by atoms with Gasteiger partial charge < -0.3 is 0 Å². The number of hydrogen-bond donors (Lipinski definition) is 0. The Morgan fingerprint density at radius 2 is 0.518 bits per heavy atom. The van der Waals surface area contributed by atoms with E-state index in [4.69, 9.17) is 0 Å². The smallest absolute Gasteiger partial charge is 0.0867 e. The summed E-state index contributed by atoms with van der Waals surface area (Å²) in [6, 6.07) is 73.2. The molecule has 0 bridgehead atoms. The molecule has 470 valence electrons. The lowest BCUT2D eigenvalue weighted by Crippen LogP contribution is -2.48. The molecule has 0 aromatic heterocycles. The lowest BCUT2D eigenvalue weighted by atomic mass is 9.82. The second-order valence-corrected chi connectivity index (χ2v) is 50.3. The molecular weight excluding hydrogens is 1130 g/mol. The highest BCUT2D eigenvalue weighted by molar-refractivity contribution is 7.84. The molecule has 5 aromatic carbocycles. The molecule has 0 heterocycles. The zero-order valence-corrected chi connectivity index (χ0v) is 63.0. The average Bonchev–Trinajstić information content (AvgIpc) is 2.97. The maximum Gasteiger partial charge on any atom is 0.0867 e. The van der Waals surface area contributed by atoms with Crippen molar-refractivity contribution in [2.75, 3.05) is 0 Å². The Labute approximate surface area is 533 Å². The van der Waals surface area contributed by atoms with E-state index < -0.39 is 48.4 Å². The lowest BCUT2D eigenvalue weighted by molar-refractivity contribution is 0.326. The summed E-state index contributed by atoms with van der Waals surface area (Å²) in [5.74, 6) is 0.622. The summed E-state index contributed by atoms with van der Waals surface area (Å²) < 4.78 is 3.33. The molecule has 0 amide bonds. The first-order valence-electron chi connectivity index (χ1n) is 36.4. The van der Waals surface area contributed by atoms with E-state index in [1.54, 1.807) is 47.5 Å². The number of benzene rings is 5. The SMILES string of the molecule is CCCC[Si](CCCC)(CCCC)c1ccc(P(c2ccc([Si](CCCC)(CCCC)CCCC)cc2)N(C2CCC(c3ccccc3)CC2)P(c2ccc([Si](CCC)(CCC)CCC)cc2)c2ccc([Si](CCC)(CCC)CCC)cc2)cc1. The van der Waals surface area contributed by atoms with Crippen LogP contribution in [0.4, 0.5) is 0 Å². The van der Waals surface area contributed by atoms with Crippen LogP contribution < -0.4 is 42.0 Å². The Hall–Kier alpha value is -2.21. The molecule has 7 heteroatoms. The molecule has 0 saturated heterocycles. The Kier molecular flexibility index (Phi) is 32.0. The lowest BCUT2D eigenvalue weighted by Gasteiger charge is -2.46. The summed E-state index contributed by atoms with van der Waals surface area (Å²) >= 11 is 0.